The van der Waals surface area contributed by atoms with Crippen LogP contribution in [0.25, 0.3) is 0 Å². The summed E-state index contributed by atoms with van der Waals surface area (Å²) in [4.78, 5) is 20.1. The number of carboxylic acid groups (broad SMARTS) is 1. The van der Waals surface area contributed by atoms with E-state index >= 15 is 0 Å². The number of rotatable bonds is 4. The summed E-state index contributed by atoms with van der Waals surface area (Å²) in [5, 5.41) is 15.9. The molecule has 0 aliphatic heterocycles. The second kappa shape index (κ2) is 8.43. The van der Waals surface area contributed by atoms with Crippen molar-refractivity contribution in [1.82, 2.24) is 0 Å². The highest BCUT2D eigenvalue weighted by atomic mass is 79.9. The molecule has 0 heterocycles. The number of hydrogen-bond acceptors (Lipinski definition) is 4. The molecule has 0 aromatic rings. The Labute approximate surface area is 96.9 Å². The topological polar surface area (TPSA) is 83.8 Å². The molecule has 0 aliphatic carbocycles. The lowest BCUT2D eigenvalue weighted by Crippen LogP contribution is -2.27. The summed E-state index contributed by atoms with van der Waals surface area (Å²) < 4.78 is 3.97. The predicted octanol–water partition coefficient (Wildman–Crippen LogP) is 0.952. The molecule has 5 nitrogen and oxygen atoms in total. The van der Waals surface area contributed by atoms with Gasteiger partial charge in [-0.2, -0.15) is 0 Å². The van der Waals surface area contributed by atoms with Crippen LogP contribution in [0.2, 0.25) is 0 Å². The minimum absolute atomic E-state index is 0.0634. The van der Waals surface area contributed by atoms with Crippen LogP contribution >= 0.6 is 15.9 Å². The van der Waals surface area contributed by atoms with Gasteiger partial charge < -0.3 is 14.9 Å². The van der Waals surface area contributed by atoms with E-state index in [1.165, 1.54) is 0 Å². The number of alkyl halides is 1. The Morgan fingerprint density at radius 3 is 2.13 bits per heavy atom. The number of ether oxygens (including phenoxy) is 1. The van der Waals surface area contributed by atoms with Crippen molar-refractivity contribution in [3.05, 3.63) is 12.7 Å². The van der Waals surface area contributed by atoms with Crippen LogP contribution in [0.5, 0.6) is 0 Å². The van der Waals surface area contributed by atoms with Gasteiger partial charge in [0.2, 0.25) is 0 Å². The summed E-state index contributed by atoms with van der Waals surface area (Å²) in [7, 11) is 0. The monoisotopic (exact) mass is 282 g/mol. The predicted molar refractivity (Wildman–Crippen MR) is 58.9 cm³/mol. The number of aliphatic hydroxyl groups is 1. The standard InChI is InChI=1S/C6H11BrO3.C3H4O2/c1-6(2,7)5(9)10-4-3-8;1-2-3(4)5/h8H,3-4H2,1-2H3;2H,1H2,(H,4,5). The minimum Gasteiger partial charge on any atom is -0.478 e. The zero-order valence-electron chi connectivity index (χ0n) is 8.70. The maximum atomic E-state index is 10.8. The average Bonchev–Trinajstić information content (AvgIpc) is 2.13. The molecule has 0 spiro atoms. The van der Waals surface area contributed by atoms with Crippen molar-refractivity contribution < 1.29 is 24.5 Å². The zero-order valence-corrected chi connectivity index (χ0v) is 10.3. The summed E-state index contributed by atoms with van der Waals surface area (Å²) in [6.07, 6.45) is 0.833. The average molecular weight is 283 g/mol. The molecule has 0 saturated heterocycles. The number of hydrogen-bond donors (Lipinski definition) is 2. The smallest absolute Gasteiger partial charge is 0.327 e. The molecule has 0 atom stereocenters. The van der Waals surface area contributed by atoms with Crippen molar-refractivity contribution in [2.24, 2.45) is 0 Å². The Balaban J connectivity index is 0. The first-order chi connectivity index (χ1) is 6.75. The van der Waals surface area contributed by atoms with Gasteiger partial charge in [-0.3, -0.25) is 4.79 Å². The molecule has 0 aromatic heterocycles. The third kappa shape index (κ3) is 13.1. The van der Waals surface area contributed by atoms with Gasteiger partial charge in [-0.15, -0.1) is 0 Å². The molecule has 0 saturated carbocycles. The van der Waals surface area contributed by atoms with Crippen LogP contribution in [0.1, 0.15) is 13.8 Å². The Hall–Kier alpha value is -0.880. The fourth-order valence-corrected chi connectivity index (χ4v) is 0.424. The number of carbonyl (C=O) groups is 2. The molecule has 2 N–H and O–H groups in total. The molecule has 0 aromatic carbocycles. The number of carbonyl (C=O) groups excluding carboxylic acids is 1. The Morgan fingerprint density at radius 2 is 1.93 bits per heavy atom. The van der Waals surface area contributed by atoms with Crippen LogP contribution < -0.4 is 0 Å². The number of halogens is 1. The number of aliphatic hydroxyl groups excluding tert-OH is 1. The molecule has 0 bridgehead atoms. The molecule has 0 rings (SSSR count). The Bertz CT molecular complexity index is 219. The van der Waals surface area contributed by atoms with Crippen molar-refractivity contribution in [2.45, 2.75) is 18.2 Å². The maximum Gasteiger partial charge on any atom is 0.327 e. The van der Waals surface area contributed by atoms with E-state index in [1.54, 1.807) is 13.8 Å². The summed E-state index contributed by atoms with van der Waals surface area (Å²) in [5.41, 5.74) is 0. The largest absolute Gasteiger partial charge is 0.478 e. The quantitative estimate of drug-likeness (QED) is 0.456. The second-order valence-corrected chi connectivity index (χ2v) is 4.86. The van der Waals surface area contributed by atoms with Crippen molar-refractivity contribution >= 4 is 27.9 Å². The summed E-state index contributed by atoms with van der Waals surface area (Å²) in [5.74, 6) is -1.34. The van der Waals surface area contributed by atoms with E-state index in [2.05, 4.69) is 27.2 Å². The molecular formula is C9H15BrO5. The van der Waals surface area contributed by atoms with Gasteiger partial charge in [-0.25, -0.2) is 4.79 Å². The molecule has 15 heavy (non-hydrogen) atoms. The van der Waals surface area contributed by atoms with Gasteiger partial charge in [0.25, 0.3) is 0 Å². The fraction of sp³-hybridized carbons (Fsp3) is 0.556. The fourth-order valence-electron chi connectivity index (χ4n) is 0.310. The molecule has 0 aliphatic rings. The molecule has 88 valence electrons. The van der Waals surface area contributed by atoms with E-state index in [1.807, 2.05) is 0 Å². The third-order valence-corrected chi connectivity index (χ3v) is 1.31. The highest BCUT2D eigenvalue weighted by Gasteiger charge is 2.24. The lowest BCUT2D eigenvalue weighted by atomic mass is 10.2. The van der Waals surface area contributed by atoms with Crippen molar-refractivity contribution in [1.29, 1.82) is 0 Å². The summed E-state index contributed by atoms with van der Waals surface area (Å²) >= 11 is 3.12. The van der Waals surface area contributed by atoms with Gasteiger partial charge >= 0.3 is 11.9 Å². The lowest BCUT2D eigenvalue weighted by Gasteiger charge is -2.13. The van der Waals surface area contributed by atoms with Crippen LogP contribution in [0.3, 0.4) is 0 Å². The van der Waals surface area contributed by atoms with Crippen LogP contribution in [0.4, 0.5) is 0 Å². The van der Waals surface area contributed by atoms with Crippen LogP contribution in [-0.4, -0.2) is 39.7 Å². The summed E-state index contributed by atoms with van der Waals surface area (Å²) in [6, 6.07) is 0. The third-order valence-electron chi connectivity index (χ3n) is 0.984. The van der Waals surface area contributed by atoms with Crippen LogP contribution in [0, 0.1) is 0 Å². The van der Waals surface area contributed by atoms with Crippen LogP contribution in [-0.2, 0) is 14.3 Å². The normalized spacial score (nSPS) is 9.60. The van der Waals surface area contributed by atoms with Crippen molar-refractivity contribution in [2.75, 3.05) is 13.2 Å². The first-order valence-corrected chi connectivity index (χ1v) is 4.87. The van der Waals surface area contributed by atoms with Crippen molar-refractivity contribution in [3.8, 4) is 0 Å². The van der Waals surface area contributed by atoms with E-state index in [4.69, 9.17) is 10.2 Å². The summed E-state index contributed by atoms with van der Waals surface area (Å²) in [6.45, 7) is 6.27. The maximum absolute atomic E-state index is 10.8. The van der Waals surface area contributed by atoms with E-state index in [9.17, 15) is 9.59 Å². The van der Waals surface area contributed by atoms with E-state index in [-0.39, 0.29) is 19.2 Å². The van der Waals surface area contributed by atoms with Gasteiger partial charge in [0, 0.05) is 6.08 Å². The number of carboxylic acids is 1. The Kier molecular flexibility index (Phi) is 9.30. The van der Waals surface area contributed by atoms with Gasteiger partial charge in [0.05, 0.1) is 6.61 Å². The molecule has 0 radical (unpaired) electrons. The van der Waals surface area contributed by atoms with Gasteiger partial charge in [0.1, 0.15) is 10.9 Å². The SMILES string of the molecule is C=CC(=O)O.CC(C)(Br)C(=O)OCCO. The zero-order chi connectivity index (χ0) is 12.5. The van der Waals surface area contributed by atoms with Gasteiger partial charge in [-0.1, -0.05) is 22.5 Å². The first kappa shape index (κ1) is 16.5. The highest BCUT2D eigenvalue weighted by Crippen LogP contribution is 2.16. The van der Waals surface area contributed by atoms with Crippen molar-refractivity contribution in [3.63, 3.8) is 0 Å². The molecule has 0 fully saturated rings. The molecule has 6 heteroatoms. The second-order valence-electron chi connectivity index (χ2n) is 2.87. The molecule has 0 amide bonds. The molecular weight excluding hydrogens is 268 g/mol. The Morgan fingerprint density at radius 1 is 1.53 bits per heavy atom. The first-order valence-electron chi connectivity index (χ1n) is 4.08. The minimum atomic E-state index is -0.981. The molecule has 0 unspecified atom stereocenters. The lowest BCUT2D eigenvalue weighted by molar-refractivity contribution is -0.146. The van der Waals surface area contributed by atoms with E-state index < -0.39 is 10.3 Å². The number of aliphatic carboxylic acids is 1. The van der Waals surface area contributed by atoms with E-state index in [0.717, 1.165) is 6.08 Å². The number of esters is 1. The van der Waals surface area contributed by atoms with Gasteiger partial charge in [-0.05, 0) is 13.8 Å². The highest BCUT2D eigenvalue weighted by molar-refractivity contribution is 9.10. The van der Waals surface area contributed by atoms with Crippen LogP contribution in [0.15, 0.2) is 12.7 Å². The van der Waals surface area contributed by atoms with E-state index in [0.29, 0.717) is 0 Å². The van der Waals surface area contributed by atoms with Gasteiger partial charge in [0.15, 0.2) is 0 Å².